The SMILES string of the molecule is CCC.COC(=O)CCC(=O)c1cc(Oc2ccccc2C)ccc1N. The van der Waals surface area contributed by atoms with Crippen molar-refractivity contribution in [2.45, 2.75) is 40.0 Å². The normalized spacial score (nSPS) is 9.69. The Morgan fingerprint density at radius 1 is 1.04 bits per heavy atom. The van der Waals surface area contributed by atoms with Crippen LogP contribution in [0, 0.1) is 6.92 Å². The number of methoxy groups -OCH3 is 1. The Hall–Kier alpha value is -2.82. The number of benzene rings is 2. The van der Waals surface area contributed by atoms with Crippen LogP contribution in [-0.2, 0) is 9.53 Å². The average Bonchev–Trinajstić information content (AvgIpc) is 2.63. The Kier molecular flexibility index (Phi) is 8.92. The minimum Gasteiger partial charge on any atom is -0.469 e. The summed E-state index contributed by atoms with van der Waals surface area (Å²) in [6.45, 7) is 6.19. The highest BCUT2D eigenvalue weighted by atomic mass is 16.5. The van der Waals surface area contributed by atoms with E-state index in [0.29, 0.717) is 22.7 Å². The molecule has 5 heteroatoms. The van der Waals surface area contributed by atoms with E-state index in [1.807, 2.05) is 31.2 Å². The van der Waals surface area contributed by atoms with Gasteiger partial charge in [-0.15, -0.1) is 0 Å². The molecule has 26 heavy (non-hydrogen) atoms. The molecule has 0 heterocycles. The van der Waals surface area contributed by atoms with Gasteiger partial charge < -0.3 is 15.2 Å². The fourth-order valence-corrected chi connectivity index (χ4v) is 2.09. The number of para-hydroxylation sites is 1. The van der Waals surface area contributed by atoms with Crippen LogP contribution in [0.1, 0.15) is 49.0 Å². The predicted molar refractivity (Wildman–Crippen MR) is 104 cm³/mol. The molecule has 0 aliphatic carbocycles. The quantitative estimate of drug-likeness (QED) is 0.451. The van der Waals surface area contributed by atoms with Crippen LogP contribution in [0.3, 0.4) is 0 Å². The summed E-state index contributed by atoms with van der Waals surface area (Å²) < 4.78 is 10.3. The van der Waals surface area contributed by atoms with Gasteiger partial charge in [0.2, 0.25) is 0 Å². The standard InChI is InChI=1S/C18H19NO4.C3H8/c1-12-5-3-4-6-17(12)23-13-7-8-15(19)14(11-13)16(20)9-10-18(21)22-2;1-3-2/h3-8,11H,9-10,19H2,1-2H3;3H2,1-2H3. The largest absolute Gasteiger partial charge is 0.469 e. The van der Waals surface area contributed by atoms with E-state index in [1.165, 1.54) is 13.5 Å². The Labute approximate surface area is 155 Å². The van der Waals surface area contributed by atoms with Crippen molar-refractivity contribution in [2.24, 2.45) is 0 Å². The zero-order chi connectivity index (χ0) is 19.5. The summed E-state index contributed by atoms with van der Waals surface area (Å²) >= 11 is 0. The summed E-state index contributed by atoms with van der Waals surface area (Å²) in [5.41, 5.74) is 7.55. The van der Waals surface area contributed by atoms with Crippen LogP contribution >= 0.6 is 0 Å². The first-order chi connectivity index (χ1) is 12.4. The van der Waals surface area contributed by atoms with Crippen molar-refractivity contribution < 1.29 is 19.1 Å². The highest BCUT2D eigenvalue weighted by molar-refractivity contribution is 6.02. The third-order valence-electron chi connectivity index (χ3n) is 3.43. The number of nitrogen functional groups attached to an aromatic ring is 1. The van der Waals surface area contributed by atoms with Gasteiger partial charge in [-0.25, -0.2) is 0 Å². The molecule has 0 aromatic heterocycles. The monoisotopic (exact) mass is 357 g/mol. The molecule has 0 spiro atoms. The maximum atomic E-state index is 12.2. The fourth-order valence-electron chi connectivity index (χ4n) is 2.09. The van der Waals surface area contributed by atoms with Crippen LogP contribution in [-0.4, -0.2) is 18.9 Å². The number of carbonyl (C=O) groups excluding carboxylic acids is 2. The van der Waals surface area contributed by atoms with Crippen LogP contribution in [0.5, 0.6) is 11.5 Å². The molecule has 0 fully saturated rings. The van der Waals surface area contributed by atoms with Gasteiger partial charge in [0.25, 0.3) is 0 Å². The summed E-state index contributed by atoms with van der Waals surface area (Å²) in [4.78, 5) is 23.4. The average molecular weight is 357 g/mol. The Morgan fingerprint density at radius 3 is 2.31 bits per heavy atom. The van der Waals surface area contributed by atoms with Crippen molar-refractivity contribution in [2.75, 3.05) is 12.8 Å². The molecular weight excluding hydrogens is 330 g/mol. The van der Waals surface area contributed by atoms with Gasteiger partial charge in [-0.05, 0) is 36.8 Å². The zero-order valence-electron chi connectivity index (χ0n) is 15.9. The number of esters is 1. The van der Waals surface area contributed by atoms with Gasteiger partial charge in [-0.3, -0.25) is 9.59 Å². The van der Waals surface area contributed by atoms with E-state index in [2.05, 4.69) is 18.6 Å². The van der Waals surface area contributed by atoms with Gasteiger partial charge in [-0.1, -0.05) is 38.5 Å². The van der Waals surface area contributed by atoms with Crippen LogP contribution < -0.4 is 10.5 Å². The summed E-state index contributed by atoms with van der Waals surface area (Å²) in [6.07, 6.45) is 1.32. The number of Topliss-reactive ketones (excluding diaryl/α,β-unsaturated/α-hetero) is 1. The molecule has 0 amide bonds. The molecule has 2 aromatic carbocycles. The first-order valence-corrected chi connectivity index (χ1v) is 8.65. The highest BCUT2D eigenvalue weighted by Crippen LogP contribution is 2.28. The minimum atomic E-state index is -0.427. The lowest BCUT2D eigenvalue weighted by Crippen LogP contribution is -2.08. The Morgan fingerprint density at radius 2 is 1.69 bits per heavy atom. The number of hydrogen-bond acceptors (Lipinski definition) is 5. The first-order valence-electron chi connectivity index (χ1n) is 8.65. The van der Waals surface area contributed by atoms with Gasteiger partial charge >= 0.3 is 5.97 Å². The van der Waals surface area contributed by atoms with Crippen molar-refractivity contribution in [1.29, 1.82) is 0 Å². The number of hydrogen-bond donors (Lipinski definition) is 1. The minimum absolute atomic E-state index is 0.0254. The van der Waals surface area contributed by atoms with Crippen molar-refractivity contribution in [3.63, 3.8) is 0 Å². The molecule has 0 atom stereocenters. The number of nitrogens with two attached hydrogens (primary N) is 1. The number of carbonyl (C=O) groups is 2. The van der Waals surface area contributed by atoms with Crippen LogP contribution in [0.2, 0.25) is 0 Å². The molecule has 2 rings (SSSR count). The smallest absolute Gasteiger partial charge is 0.305 e. The fraction of sp³-hybridized carbons (Fsp3) is 0.333. The van der Waals surface area contributed by atoms with Crippen LogP contribution in [0.4, 0.5) is 5.69 Å². The van der Waals surface area contributed by atoms with Gasteiger partial charge in [-0.2, -0.15) is 0 Å². The third kappa shape index (κ3) is 6.59. The lowest BCUT2D eigenvalue weighted by molar-refractivity contribution is -0.140. The molecule has 140 valence electrons. The van der Waals surface area contributed by atoms with E-state index in [0.717, 1.165) is 5.56 Å². The molecule has 0 saturated carbocycles. The van der Waals surface area contributed by atoms with Gasteiger partial charge in [0.15, 0.2) is 5.78 Å². The first kappa shape index (κ1) is 21.2. The molecule has 0 radical (unpaired) electrons. The van der Waals surface area contributed by atoms with Gasteiger partial charge in [0.05, 0.1) is 13.5 Å². The maximum absolute atomic E-state index is 12.2. The second-order valence-corrected chi connectivity index (χ2v) is 5.82. The summed E-state index contributed by atoms with van der Waals surface area (Å²) in [6, 6.07) is 12.5. The van der Waals surface area contributed by atoms with Crippen molar-refractivity contribution in [1.82, 2.24) is 0 Å². The van der Waals surface area contributed by atoms with Crippen LogP contribution in [0.15, 0.2) is 42.5 Å². The summed E-state index contributed by atoms with van der Waals surface area (Å²) in [5, 5.41) is 0. The molecule has 0 unspecified atom stereocenters. The van der Waals surface area contributed by atoms with E-state index < -0.39 is 5.97 Å². The number of ketones is 1. The molecule has 0 aliphatic rings. The predicted octanol–water partition coefficient (Wildman–Crippen LogP) is 4.92. The second-order valence-electron chi connectivity index (χ2n) is 5.82. The third-order valence-corrected chi connectivity index (χ3v) is 3.43. The summed E-state index contributed by atoms with van der Waals surface area (Å²) in [7, 11) is 1.29. The highest BCUT2D eigenvalue weighted by Gasteiger charge is 2.14. The van der Waals surface area contributed by atoms with Crippen molar-refractivity contribution >= 4 is 17.4 Å². The van der Waals surface area contributed by atoms with E-state index in [4.69, 9.17) is 10.5 Å². The number of anilines is 1. The maximum Gasteiger partial charge on any atom is 0.305 e. The molecule has 0 bridgehead atoms. The lowest BCUT2D eigenvalue weighted by atomic mass is 10.0. The molecule has 0 saturated heterocycles. The van der Waals surface area contributed by atoms with E-state index >= 15 is 0 Å². The molecule has 0 aliphatic heterocycles. The topological polar surface area (TPSA) is 78.6 Å². The second kappa shape index (κ2) is 10.9. The molecule has 5 nitrogen and oxygen atoms in total. The summed E-state index contributed by atoms with van der Waals surface area (Å²) in [5.74, 6) is 0.590. The number of rotatable bonds is 6. The van der Waals surface area contributed by atoms with Gasteiger partial charge in [0, 0.05) is 17.7 Å². The van der Waals surface area contributed by atoms with Crippen molar-refractivity contribution in [3.05, 3.63) is 53.6 Å². The molecule has 2 N–H and O–H groups in total. The van der Waals surface area contributed by atoms with E-state index in [9.17, 15) is 9.59 Å². The molecular formula is C21H27NO4. The van der Waals surface area contributed by atoms with E-state index in [-0.39, 0.29) is 18.6 Å². The number of ether oxygens (including phenoxy) is 2. The zero-order valence-corrected chi connectivity index (χ0v) is 15.9. The Balaban J connectivity index is 0.00000105. The Bertz CT molecular complexity index is 741. The van der Waals surface area contributed by atoms with Crippen LogP contribution in [0.25, 0.3) is 0 Å². The van der Waals surface area contributed by atoms with Crippen molar-refractivity contribution in [3.8, 4) is 11.5 Å². The molecule has 2 aromatic rings. The number of aryl methyl sites for hydroxylation is 1. The van der Waals surface area contributed by atoms with Gasteiger partial charge in [0.1, 0.15) is 11.5 Å². The van der Waals surface area contributed by atoms with E-state index in [1.54, 1.807) is 18.2 Å². The lowest BCUT2D eigenvalue weighted by Gasteiger charge is -2.11.